The second-order valence-electron chi connectivity index (χ2n) is 8.39. The fourth-order valence-corrected chi connectivity index (χ4v) is 3.97. The molecule has 0 spiro atoms. The van der Waals surface area contributed by atoms with E-state index in [2.05, 4.69) is 10.3 Å². The summed E-state index contributed by atoms with van der Waals surface area (Å²) in [6, 6.07) is 29.8. The fourth-order valence-electron chi connectivity index (χ4n) is 3.97. The van der Waals surface area contributed by atoms with Crippen LogP contribution in [0.25, 0.3) is 22.8 Å². The van der Waals surface area contributed by atoms with Crippen LogP contribution >= 0.6 is 0 Å². The van der Waals surface area contributed by atoms with Gasteiger partial charge in [-0.25, -0.2) is 4.98 Å². The highest BCUT2D eigenvalue weighted by molar-refractivity contribution is 6.08. The van der Waals surface area contributed by atoms with E-state index in [0.717, 1.165) is 11.1 Å². The quantitative estimate of drug-likeness (QED) is 0.235. The van der Waals surface area contributed by atoms with Crippen molar-refractivity contribution >= 4 is 11.6 Å². The van der Waals surface area contributed by atoms with Gasteiger partial charge in [-0.1, -0.05) is 42.5 Å². The molecule has 0 fully saturated rings. The summed E-state index contributed by atoms with van der Waals surface area (Å²) in [5.41, 5.74) is 3.47. The Morgan fingerprint density at radius 1 is 0.816 bits per heavy atom. The summed E-state index contributed by atoms with van der Waals surface area (Å²) < 4.78 is 22.7. The molecule has 0 saturated carbocycles. The zero-order valence-corrected chi connectivity index (χ0v) is 21.0. The molecule has 0 unspecified atom stereocenters. The number of methoxy groups -OCH3 is 2. The minimum absolute atomic E-state index is 0.277. The van der Waals surface area contributed by atoms with Crippen LogP contribution in [-0.4, -0.2) is 25.1 Å². The van der Waals surface area contributed by atoms with Crippen molar-refractivity contribution in [2.75, 3.05) is 19.5 Å². The fraction of sp³-hybridized carbons (Fsp3) is 0.0968. The summed E-state index contributed by atoms with van der Waals surface area (Å²) in [6.07, 6.45) is 1.61. The van der Waals surface area contributed by atoms with Gasteiger partial charge in [0.05, 0.1) is 31.5 Å². The molecule has 1 heterocycles. The van der Waals surface area contributed by atoms with Crippen molar-refractivity contribution in [3.8, 4) is 40.0 Å². The summed E-state index contributed by atoms with van der Waals surface area (Å²) in [7, 11) is 3.17. The van der Waals surface area contributed by atoms with Crippen molar-refractivity contribution in [1.29, 1.82) is 0 Å². The van der Waals surface area contributed by atoms with Crippen LogP contribution in [0.4, 0.5) is 5.69 Å². The lowest BCUT2D eigenvalue weighted by molar-refractivity contribution is 0.102. The van der Waals surface area contributed by atoms with Crippen molar-refractivity contribution < 1.29 is 23.4 Å². The number of benzene rings is 4. The van der Waals surface area contributed by atoms with E-state index in [1.807, 2.05) is 60.7 Å². The standard InChI is InChI=1S/C31H26N2O5/c1-35-24-16-17-27(28(18-24)36-2)29-19-32-31(38-29)26-11-7-6-10-25(26)30(34)33-22-12-14-23(15-13-22)37-20-21-8-4-3-5-9-21/h3-19H,20H2,1-2H3,(H,33,34). The molecule has 5 aromatic rings. The third kappa shape index (κ3) is 5.52. The van der Waals surface area contributed by atoms with Crippen molar-refractivity contribution in [2.45, 2.75) is 6.61 Å². The molecule has 1 amide bonds. The lowest BCUT2D eigenvalue weighted by Gasteiger charge is -2.10. The summed E-state index contributed by atoms with van der Waals surface area (Å²) in [5.74, 6) is 2.54. The average molecular weight is 507 g/mol. The monoisotopic (exact) mass is 506 g/mol. The second-order valence-corrected chi connectivity index (χ2v) is 8.39. The van der Waals surface area contributed by atoms with Crippen molar-refractivity contribution in [2.24, 2.45) is 0 Å². The molecule has 0 aliphatic heterocycles. The predicted octanol–water partition coefficient (Wildman–Crippen LogP) is 6.86. The Morgan fingerprint density at radius 2 is 1.55 bits per heavy atom. The minimum Gasteiger partial charge on any atom is -0.497 e. The molecule has 7 heteroatoms. The number of carbonyl (C=O) groups is 1. The van der Waals surface area contributed by atoms with Gasteiger partial charge in [-0.3, -0.25) is 4.79 Å². The Balaban J connectivity index is 1.31. The van der Waals surface area contributed by atoms with Crippen LogP contribution in [-0.2, 0) is 6.61 Å². The maximum Gasteiger partial charge on any atom is 0.256 e. The number of anilines is 1. The number of hydrogen-bond donors (Lipinski definition) is 1. The maximum absolute atomic E-state index is 13.2. The largest absolute Gasteiger partial charge is 0.497 e. The molecule has 1 N–H and O–H groups in total. The van der Waals surface area contributed by atoms with Crippen molar-refractivity contribution in [1.82, 2.24) is 4.98 Å². The van der Waals surface area contributed by atoms with Crippen molar-refractivity contribution in [3.05, 3.63) is 114 Å². The van der Waals surface area contributed by atoms with E-state index in [0.29, 0.717) is 52.3 Å². The minimum atomic E-state index is -0.277. The van der Waals surface area contributed by atoms with Gasteiger partial charge in [0, 0.05) is 17.3 Å². The molecule has 0 saturated heterocycles. The third-order valence-corrected chi connectivity index (χ3v) is 5.94. The van der Waals surface area contributed by atoms with Gasteiger partial charge >= 0.3 is 0 Å². The number of hydrogen-bond acceptors (Lipinski definition) is 6. The molecule has 0 aliphatic rings. The molecule has 4 aromatic carbocycles. The van der Waals surface area contributed by atoms with Gasteiger partial charge in [0.15, 0.2) is 5.76 Å². The van der Waals surface area contributed by atoms with Gasteiger partial charge in [-0.2, -0.15) is 0 Å². The number of carbonyl (C=O) groups excluding carboxylic acids is 1. The van der Waals surface area contributed by atoms with E-state index in [1.165, 1.54) is 0 Å². The number of ether oxygens (including phenoxy) is 3. The molecular weight excluding hydrogens is 480 g/mol. The van der Waals surface area contributed by atoms with Crippen LogP contribution < -0.4 is 19.5 Å². The number of nitrogens with zero attached hydrogens (tertiary/aromatic N) is 1. The van der Waals surface area contributed by atoms with Gasteiger partial charge in [0.1, 0.15) is 23.9 Å². The highest BCUT2D eigenvalue weighted by Crippen LogP contribution is 2.36. The molecule has 7 nitrogen and oxygen atoms in total. The number of oxazole rings is 1. The first kappa shape index (κ1) is 24.6. The molecule has 190 valence electrons. The van der Waals surface area contributed by atoms with Crippen LogP contribution in [0.15, 0.2) is 108 Å². The van der Waals surface area contributed by atoms with Crippen LogP contribution in [0.1, 0.15) is 15.9 Å². The highest BCUT2D eigenvalue weighted by atomic mass is 16.5. The Kier molecular flexibility index (Phi) is 7.36. The lowest BCUT2D eigenvalue weighted by atomic mass is 10.1. The number of aromatic nitrogens is 1. The first-order valence-corrected chi connectivity index (χ1v) is 12.0. The normalized spacial score (nSPS) is 10.6. The highest BCUT2D eigenvalue weighted by Gasteiger charge is 2.19. The predicted molar refractivity (Wildman–Crippen MR) is 146 cm³/mol. The van der Waals surface area contributed by atoms with Gasteiger partial charge in [-0.15, -0.1) is 0 Å². The maximum atomic E-state index is 13.2. The summed E-state index contributed by atoms with van der Waals surface area (Å²) in [6.45, 7) is 0.473. The Hall–Kier alpha value is -5.04. The van der Waals surface area contributed by atoms with Crippen LogP contribution in [0, 0.1) is 0 Å². The first-order valence-electron chi connectivity index (χ1n) is 12.0. The van der Waals surface area contributed by atoms with E-state index in [-0.39, 0.29) is 5.91 Å². The zero-order chi connectivity index (χ0) is 26.3. The molecule has 0 bridgehead atoms. The van der Waals surface area contributed by atoms with E-state index >= 15 is 0 Å². The van der Waals surface area contributed by atoms with Crippen molar-refractivity contribution in [3.63, 3.8) is 0 Å². The molecule has 38 heavy (non-hydrogen) atoms. The second kappa shape index (κ2) is 11.3. The van der Waals surface area contributed by atoms with Gasteiger partial charge in [0.2, 0.25) is 5.89 Å². The lowest BCUT2D eigenvalue weighted by Crippen LogP contribution is -2.13. The summed E-state index contributed by atoms with van der Waals surface area (Å²) >= 11 is 0. The topological polar surface area (TPSA) is 82.8 Å². The Morgan fingerprint density at radius 3 is 2.32 bits per heavy atom. The number of nitrogens with one attached hydrogen (secondary N) is 1. The molecular formula is C31H26N2O5. The van der Waals surface area contributed by atoms with E-state index in [4.69, 9.17) is 18.6 Å². The summed E-state index contributed by atoms with van der Waals surface area (Å²) in [5, 5.41) is 2.94. The van der Waals surface area contributed by atoms with Gasteiger partial charge in [-0.05, 0) is 54.1 Å². The summed E-state index contributed by atoms with van der Waals surface area (Å²) in [4.78, 5) is 17.6. The van der Waals surface area contributed by atoms with E-state index < -0.39 is 0 Å². The van der Waals surface area contributed by atoms with Crippen LogP contribution in [0.3, 0.4) is 0 Å². The first-order chi connectivity index (χ1) is 18.6. The third-order valence-electron chi connectivity index (χ3n) is 5.94. The average Bonchev–Trinajstić information content (AvgIpc) is 3.47. The van der Waals surface area contributed by atoms with E-state index in [1.54, 1.807) is 56.8 Å². The Labute approximate surface area is 220 Å². The van der Waals surface area contributed by atoms with Gasteiger partial charge in [0.25, 0.3) is 5.91 Å². The molecule has 0 aliphatic carbocycles. The number of rotatable bonds is 9. The van der Waals surface area contributed by atoms with Gasteiger partial charge < -0.3 is 23.9 Å². The molecule has 0 radical (unpaired) electrons. The number of amides is 1. The zero-order valence-electron chi connectivity index (χ0n) is 21.0. The Bertz CT molecular complexity index is 1530. The smallest absolute Gasteiger partial charge is 0.256 e. The van der Waals surface area contributed by atoms with Crippen LogP contribution in [0.2, 0.25) is 0 Å². The molecule has 1 aromatic heterocycles. The molecule has 5 rings (SSSR count). The SMILES string of the molecule is COc1ccc(-c2cnc(-c3ccccc3C(=O)Nc3ccc(OCc4ccccc4)cc3)o2)c(OC)c1. The van der Waals surface area contributed by atoms with Crippen LogP contribution in [0.5, 0.6) is 17.2 Å². The molecule has 0 atom stereocenters. The van der Waals surface area contributed by atoms with E-state index in [9.17, 15) is 4.79 Å².